The van der Waals surface area contributed by atoms with E-state index in [9.17, 15) is 14.4 Å². The van der Waals surface area contributed by atoms with E-state index < -0.39 is 17.2 Å². The van der Waals surface area contributed by atoms with Crippen molar-refractivity contribution >= 4 is 18.3 Å². The Hall–Kier alpha value is -1.60. The number of carbonyl (C=O) groups excluding carboxylic acids is 1. The van der Waals surface area contributed by atoms with Crippen LogP contribution in [0, 0.1) is 5.92 Å². The molecule has 8 heteroatoms. The molecule has 4 N–H and O–H groups in total. The first-order valence-corrected chi connectivity index (χ1v) is 6.84. The van der Waals surface area contributed by atoms with E-state index in [1.54, 1.807) is 0 Å². The Labute approximate surface area is 128 Å². The molecule has 1 fully saturated rings. The normalized spacial score (nSPS) is 21.4. The Kier molecular flexibility index (Phi) is 6.17. The summed E-state index contributed by atoms with van der Waals surface area (Å²) in [5.74, 6) is -0.202. The topological polar surface area (TPSA) is 110 Å². The summed E-state index contributed by atoms with van der Waals surface area (Å²) in [6, 6.07) is -0.00196. The number of hydrogen-bond acceptors (Lipinski definition) is 4. The number of aromatic amines is 1. The summed E-state index contributed by atoms with van der Waals surface area (Å²) in [7, 11) is 1.33. The van der Waals surface area contributed by atoms with Gasteiger partial charge in [0, 0.05) is 19.3 Å². The molecular formula is C13H21ClN4O3. The monoisotopic (exact) mass is 316 g/mol. The minimum atomic E-state index is -0.591. The number of aromatic nitrogens is 2. The van der Waals surface area contributed by atoms with Gasteiger partial charge >= 0.3 is 5.69 Å². The summed E-state index contributed by atoms with van der Waals surface area (Å²) in [6.45, 7) is 0.522. The third kappa shape index (κ3) is 3.74. The number of nitrogens with one attached hydrogen (secondary N) is 2. The molecule has 1 amide bonds. The molecule has 1 heterocycles. The summed E-state index contributed by atoms with van der Waals surface area (Å²) < 4.78 is 0.885. The first-order valence-electron chi connectivity index (χ1n) is 6.84. The minimum absolute atomic E-state index is 0. The second kappa shape index (κ2) is 7.42. The molecule has 0 spiro atoms. The fourth-order valence-electron chi connectivity index (χ4n) is 2.65. The molecule has 2 rings (SSSR count). The third-order valence-electron chi connectivity index (χ3n) is 3.95. The number of nitrogens with two attached hydrogens (primary N) is 1. The molecule has 0 bridgehead atoms. The second-order valence-corrected chi connectivity index (χ2v) is 5.23. The predicted molar refractivity (Wildman–Crippen MR) is 81.8 cm³/mol. The molecule has 0 aromatic carbocycles. The Balaban J connectivity index is 0.00000220. The van der Waals surface area contributed by atoms with Crippen LogP contribution in [0.2, 0.25) is 0 Å². The van der Waals surface area contributed by atoms with Crippen LogP contribution in [0.4, 0.5) is 0 Å². The van der Waals surface area contributed by atoms with Gasteiger partial charge in [0.25, 0.3) is 11.5 Å². The van der Waals surface area contributed by atoms with E-state index in [2.05, 4.69) is 10.3 Å². The van der Waals surface area contributed by atoms with Gasteiger partial charge < -0.3 is 16.0 Å². The summed E-state index contributed by atoms with van der Waals surface area (Å²) in [4.78, 5) is 37.7. The van der Waals surface area contributed by atoms with Gasteiger partial charge in [-0.1, -0.05) is 12.8 Å². The van der Waals surface area contributed by atoms with Crippen molar-refractivity contribution < 1.29 is 4.79 Å². The lowest BCUT2D eigenvalue weighted by atomic mass is 9.84. The van der Waals surface area contributed by atoms with E-state index in [1.807, 2.05) is 0 Å². The van der Waals surface area contributed by atoms with Gasteiger partial charge in [0.05, 0.1) is 0 Å². The Morgan fingerprint density at radius 1 is 1.43 bits per heavy atom. The molecule has 0 aliphatic heterocycles. The van der Waals surface area contributed by atoms with Gasteiger partial charge in [-0.3, -0.25) is 14.2 Å². The largest absolute Gasteiger partial charge is 0.349 e. The number of nitrogens with zero attached hydrogens (tertiary/aromatic N) is 1. The lowest BCUT2D eigenvalue weighted by Gasteiger charge is -2.31. The molecule has 2 unspecified atom stereocenters. The Morgan fingerprint density at radius 2 is 2.10 bits per heavy atom. The maximum Gasteiger partial charge on any atom is 0.328 e. The number of rotatable bonds is 3. The van der Waals surface area contributed by atoms with Gasteiger partial charge in [0.2, 0.25) is 0 Å². The van der Waals surface area contributed by atoms with Crippen LogP contribution < -0.4 is 22.3 Å². The van der Waals surface area contributed by atoms with Crippen LogP contribution >= 0.6 is 12.4 Å². The molecule has 0 radical (unpaired) electrons. The van der Waals surface area contributed by atoms with E-state index in [-0.39, 0.29) is 29.9 Å². The van der Waals surface area contributed by atoms with Crippen LogP contribution in [0.3, 0.4) is 0 Å². The average molecular weight is 317 g/mol. The van der Waals surface area contributed by atoms with Crippen LogP contribution in [0.15, 0.2) is 15.8 Å². The Morgan fingerprint density at radius 3 is 2.76 bits per heavy atom. The van der Waals surface area contributed by atoms with Crippen LogP contribution in [-0.2, 0) is 7.05 Å². The molecule has 1 saturated carbocycles. The van der Waals surface area contributed by atoms with E-state index in [0.717, 1.165) is 30.3 Å². The van der Waals surface area contributed by atoms with Gasteiger partial charge in [0.15, 0.2) is 0 Å². The highest BCUT2D eigenvalue weighted by Crippen LogP contribution is 2.23. The Bertz CT molecular complexity index is 610. The van der Waals surface area contributed by atoms with Crippen molar-refractivity contribution in [1.82, 2.24) is 14.9 Å². The smallest absolute Gasteiger partial charge is 0.328 e. The number of H-pyrrole nitrogens is 1. The molecule has 7 nitrogen and oxygen atoms in total. The van der Waals surface area contributed by atoms with Crippen molar-refractivity contribution in [3.63, 3.8) is 0 Å². The van der Waals surface area contributed by atoms with E-state index in [4.69, 9.17) is 5.73 Å². The van der Waals surface area contributed by atoms with Gasteiger partial charge in [-0.25, -0.2) is 4.79 Å². The molecule has 118 valence electrons. The summed E-state index contributed by atoms with van der Waals surface area (Å²) in [6.07, 6.45) is 5.20. The van der Waals surface area contributed by atoms with Crippen molar-refractivity contribution in [3.05, 3.63) is 32.6 Å². The number of hydrogen-bond donors (Lipinski definition) is 3. The molecule has 0 saturated heterocycles. The van der Waals surface area contributed by atoms with Crippen molar-refractivity contribution in [1.29, 1.82) is 0 Å². The molecular weight excluding hydrogens is 296 g/mol. The average Bonchev–Trinajstić information content (AvgIpc) is 2.45. The predicted octanol–water partition coefficient (Wildman–Crippen LogP) is -0.257. The summed E-state index contributed by atoms with van der Waals surface area (Å²) in [5, 5.41) is 2.87. The molecule has 1 aromatic rings. The SMILES string of the molecule is Cl.Cn1c(=O)[nH]cc(C(=O)NC2CCCCC2CN)c1=O. The van der Waals surface area contributed by atoms with Gasteiger partial charge in [-0.2, -0.15) is 0 Å². The molecule has 2 atom stereocenters. The molecule has 21 heavy (non-hydrogen) atoms. The number of halogens is 1. The van der Waals surface area contributed by atoms with Crippen molar-refractivity contribution in [2.45, 2.75) is 31.7 Å². The first-order chi connectivity index (χ1) is 9.54. The van der Waals surface area contributed by atoms with E-state index >= 15 is 0 Å². The summed E-state index contributed by atoms with van der Waals surface area (Å²) in [5.41, 5.74) is 4.54. The molecule has 1 aromatic heterocycles. The van der Waals surface area contributed by atoms with Crippen molar-refractivity contribution in [3.8, 4) is 0 Å². The van der Waals surface area contributed by atoms with Crippen molar-refractivity contribution in [2.75, 3.05) is 6.54 Å². The van der Waals surface area contributed by atoms with Crippen LogP contribution in [-0.4, -0.2) is 28.0 Å². The maximum atomic E-state index is 12.2. The highest BCUT2D eigenvalue weighted by Gasteiger charge is 2.26. The molecule has 1 aliphatic rings. The second-order valence-electron chi connectivity index (χ2n) is 5.23. The zero-order chi connectivity index (χ0) is 14.7. The molecule has 1 aliphatic carbocycles. The fourth-order valence-corrected chi connectivity index (χ4v) is 2.65. The quantitative estimate of drug-likeness (QED) is 0.713. The number of carbonyl (C=O) groups is 1. The van der Waals surface area contributed by atoms with Crippen LogP contribution in [0.1, 0.15) is 36.0 Å². The van der Waals surface area contributed by atoms with Gasteiger partial charge in [-0.05, 0) is 25.3 Å². The van der Waals surface area contributed by atoms with Gasteiger partial charge in [0.1, 0.15) is 5.56 Å². The van der Waals surface area contributed by atoms with Crippen LogP contribution in [0.25, 0.3) is 0 Å². The highest BCUT2D eigenvalue weighted by molar-refractivity contribution is 5.93. The van der Waals surface area contributed by atoms with E-state index in [0.29, 0.717) is 6.54 Å². The zero-order valence-electron chi connectivity index (χ0n) is 11.9. The summed E-state index contributed by atoms with van der Waals surface area (Å²) >= 11 is 0. The highest BCUT2D eigenvalue weighted by atomic mass is 35.5. The zero-order valence-corrected chi connectivity index (χ0v) is 12.7. The first kappa shape index (κ1) is 17.5. The lowest BCUT2D eigenvalue weighted by Crippen LogP contribution is -2.47. The fraction of sp³-hybridized carbons (Fsp3) is 0.615. The number of amides is 1. The maximum absolute atomic E-state index is 12.2. The van der Waals surface area contributed by atoms with Crippen LogP contribution in [0.5, 0.6) is 0 Å². The minimum Gasteiger partial charge on any atom is -0.349 e. The van der Waals surface area contributed by atoms with Crippen molar-refractivity contribution in [2.24, 2.45) is 18.7 Å². The lowest BCUT2D eigenvalue weighted by molar-refractivity contribution is 0.0905. The van der Waals surface area contributed by atoms with E-state index in [1.165, 1.54) is 13.2 Å². The third-order valence-corrected chi connectivity index (χ3v) is 3.95. The van der Waals surface area contributed by atoms with Gasteiger partial charge in [-0.15, -0.1) is 12.4 Å². The standard InChI is InChI=1S/C13H20N4O3.ClH/c1-17-12(19)9(7-15-13(17)20)11(18)16-10-5-3-2-4-8(10)6-14;/h7-8,10H,2-6,14H2,1H3,(H,15,20)(H,16,18);1H.